The minimum atomic E-state index is 0.00663. The van der Waals surface area contributed by atoms with Crippen molar-refractivity contribution in [1.82, 2.24) is 0 Å². The predicted octanol–water partition coefficient (Wildman–Crippen LogP) is 4.34. The molecule has 1 atom stereocenters. The zero-order chi connectivity index (χ0) is 15.4. The van der Waals surface area contributed by atoms with Crippen LogP contribution >= 0.6 is 11.6 Å². The Morgan fingerprint density at radius 1 is 1.14 bits per heavy atom. The molecule has 0 aliphatic rings. The molecule has 0 saturated carbocycles. The molecular weight excluding hydrogens is 286 g/mol. The number of benzene rings is 2. The van der Waals surface area contributed by atoms with Gasteiger partial charge in [0, 0.05) is 16.6 Å². The molecule has 0 bridgehead atoms. The molecule has 0 spiro atoms. The van der Waals surface area contributed by atoms with Gasteiger partial charge in [0.25, 0.3) is 0 Å². The van der Waals surface area contributed by atoms with Crippen LogP contribution in [0.15, 0.2) is 36.4 Å². The standard InChI is InChI=1S/C17H20ClNO2/c1-11-7-8-16(17(9-11)20-3)21-15-6-4-5-14(18)13(15)10-12(2)19/h4-9,12H,10,19H2,1-3H3. The molecule has 0 aromatic heterocycles. The molecule has 2 aromatic rings. The minimum Gasteiger partial charge on any atom is -0.493 e. The third-order valence-corrected chi connectivity index (χ3v) is 3.50. The number of ether oxygens (including phenoxy) is 2. The Kier molecular flexibility index (Phi) is 5.10. The monoisotopic (exact) mass is 305 g/mol. The molecular formula is C17H20ClNO2. The maximum Gasteiger partial charge on any atom is 0.169 e. The fourth-order valence-corrected chi connectivity index (χ4v) is 2.38. The molecule has 1 unspecified atom stereocenters. The lowest BCUT2D eigenvalue weighted by molar-refractivity contribution is 0.377. The first-order chi connectivity index (χ1) is 10.0. The lowest BCUT2D eigenvalue weighted by atomic mass is 10.1. The molecule has 21 heavy (non-hydrogen) atoms. The number of nitrogens with two attached hydrogens (primary N) is 1. The van der Waals surface area contributed by atoms with Crippen molar-refractivity contribution < 1.29 is 9.47 Å². The Morgan fingerprint density at radius 2 is 1.90 bits per heavy atom. The largest absolute Gasteiger partial charge is 0.493 e. The van der Waals surface area contributed by atoms with Gasteiger partial charge in [0.2, 0.25) is 0 Å². The number of aryl methyl sites for hydroxylation is 1. The summed E-state index contributed by atoms with van der Waals surface area (Å²) in [5.41, 5.74) is 7.92. The molecule has 0 saturated heterocycles. The second-order valence-electron chi connectivity index (χ2n) is 5.15. The van der Waals surface area contributed by atoms with Gasteiger partial charge in [0.1, 0.15) is 5.75 Å². The molecule has 0 radical (unpaired) electrons. The third-order valence-electron chi connectivity index (χ3n) is 3.14. The van der Waals surface area contributed by atoms with E-state index in [1.54, 1.807) is 7.11 Å². The summed E-state index contributed by atoms with van der Waals surface area (Å²) in [5.74, 6) is 2.07. The van der Waals surface area contributed by atoms with Crippen LogP contribution in [0.2, 0.25) is 5.02 Å². The third kappa shape index (κ3) is 3.90. The number of hydrogen-bond donors (Lipinski definition) is 1. The van der Waals surface area contributed by atoms with Crippen molar-refractivity contribution in [1.29, 1.82) is 0 Å². The molecule has 3 nitrogen and oxygen atoms in total. The average molecular weight is 306 g/mol. The first-order valence-electron chi connectivity index (χ1n) is 6.86. The van der Waals surface area contributed by atoms with E-state index in [9.17, 15) is 0 Å². The first-order valence-corrected chi connectivity index (χ1v) is 7.24. The molecule has 2 aromatic carbocycles. The number of methoxy groups -OCH3 is 1. The second-order valence-corrected chi connectivity index (χ2v) is 5.56. The van der Waals surface area contributed by atoms with Gasteiger partial charge in [0.05, 0.1) is 7.11 Å². The summed E-state index contributed by atoms with van der Waals surface area (Å²) in [6, 6.07) is 11.4. The normalized spacial score (nSPS) is 12.0. The Bertz CT molecular complexity index is 626. The van der Waals surface area contributed by atoms with Gasteiger partial charge in [-0.15, -0.1) is 0 Å². The topological polar surface area (TPSA) is 44.5 Å². The zero-order valence-corrected chi connectivity index (χ0v) is 13.3. The molecule has 0 amide bonds. The molecule has 112 valence electrons. The van der Waals surface area contributed by atoms with E-state index < -0.39 is 0 Å². The van der Waals surface area contributed by atoms with Crippen molar-refractivity contribution in [2.24, 2.45) is 5.73 Å². The van der Waals surface area contributed by atoms with Crippen molar-refractivity contribution in [3.05, 3.63) is 52.5 Å². The van der Waals surface area contributed by atoms with Crippen molar-refractivity contribution >= 4 is 11.6 Å². The van der Waals surface area contributed by atoms with Crippen LogP contribution in [0, 0.1) is 6.92 Å². The van der Waals surface area contributed by atoms with Gasteiger partial charge in [-0.1, -0.05) is 23.7 Å². The lowest BCUT2D eigenvalue weighted by Gasteiger charge is -2.16. The van der Waals surface area contributed by atoms with Crippen molar-refractivity contribution in [3.8, 4) is 17.2 Å². The smallest absolute Gasteiger partial charge is 0.169 e. The SMILES string of the molecule is COc1cc(C)ccc1Oc1cccc(Cl)c1CC(C)N. The van der Waals surface area contributed by atoms with Gasteiger partial charge in [0.15, 0.2) is 11.5 Å². The lowest BCUT2D eigenvalue weighted by Crippen LogP contribution is -2.18. The second kappa shape index (κ2) is 6.83. The van der Waals surface area contributed by atoms with Crippen molar-refractivity contribution in [2.75, 3.05) is 7.11 Å². The van der Waals surface area contributed by atoms with E-state index in [4.69, 9.17) is 26.8 Å². The molecule has 2 rings (SSSR count). The van der Waals surface area contributed by atoms with Crippen LogP contribution in [0.1, 0.15) is 18.1 Å². The Morgan fingerprint density at radius 3 is 2.57 bits per heavy atom. The maximum atomic E-state index is 6.27. The van der Waals surface area contributed by atoms with E-state index in [0.717, 1.165) is 11.1 Å². The number of rotatable bonds is 5. The average Bonchev–Trinajstić information content (AvgIpc) is 2.44. The van der Waals surface area contributed by atoms with Crippen LogP contribution in [0.5, 0.6) is 17.2 Å². The fraction of sp³-hybridized carbons (Fsp3) is 0.294. The van der Waals surface area contributed by atoms with E-state index >= 15 is 0 Å². The minimum absolute atomic E-state index is 0.00663. The predicted molar refractivity (Wildman–Crippen MR) is 86.6 cm³/mol. The zero-order valence-electron chi connectivity index (χ0n) is 12.5. The molecule has 0 aliphatic carbocycles. The Labute approximate surface area is 130 Å². The van der Waals surface area contributed by atoms with Gasteiger partial charge < -0.3 is 15.2 Å². The highest BCUT2D eigenvalue weighted by Crippen LogP contribution is 2.36. The quantitative estimate of drug-likeness (QED) is 0.893. The number of hydrogen-bond acceptors (Lipinski definition) is 3. The van der Waals surface area contributed by atoms with Crippen LogP contribution in [-0.4, -0.2) is 13.2 Å². The van der Waals surface area contributed by atoms with Gasteiger partial charge in [-0.25, -0.2) is 0 Å². The summed E-state index contributed by atoms with van der Waals surface area (Å²) in [6.45, 7) is 3.95. The highest BCUT2D eigenvalue weighted by atomic mass is 35.5. The summed E-state index contributed by atoms with van der Waals surface area (Å²) in [7, 11) is 1.63. The van der Waals surface area contributed by atoms with Crippen LogP contribution in [0.3, 0.4) is 0 Å². The Hall–Kier alpha value is -1.71. The Balaban J connectivity index is 2.37. The molecule has 2 N–H and O–H groups in total. The van der Waals surface area contributed by atoms with Crippen LogP contribution in [0.4, 0.5) is 0 Å². The van der Waals surface area contributed by atoms with Crippen molar-refractivity contribution in [3.63, 3.8) is 0 Å². The van der Waals surface area contributed by atoms with Gasteiger partial charge in [-0.2, -0.15) is 0 Å². The van der Waals surface area contributed by atoms with E-state index in [0.29, 0.717) is 28.7 Å². The molecule has 0 heterocycles. The summed E-state index contributed by atoms with van der Waals surface area (Å²) in [4.78, 5) is 0. The van der Waals surface area contributed by atoms with Crippen LogP contribution in [-0.2, 0) is 6.42 Å². The van der Waals surface area contributed by atoms with Gasteiger partial charge >= 0.3 is 0 Å². The molecule has 4 heteroatoms. The van der Waals surface area contributed by atoms with Gasteiger partial charge in [-0.3, -0.25) is 0 Å². The molecule has 0 fully saturated rings. The van der Waals surface area contributed by atoms with Crippen LogP contribution < -0.4 is 15.2 Å². The van der Waals surface area contributed by atoms with E-state index in [2.05, 4.69) is 0 Å². The summed E-state index contributed by atoms with van der Waals surface area (Å²) in [5, 5.41) is 0.663. The maximum absolute atomic E-state index is 6.27. The summed E-state index contributed by atoms with van der Waals surface area (Å²) in [6.07, 6.45) is 0.656. The summed E-state index contributed by atoms with van der Waals surface area (Å²) >= 11 is 6.27. The van der Waals surface area contributed by atoms with Gasteiger partial charge in [-0.05, 0) is 50.1 Å². The van der Waals surface area contributed by atoms with Crippen molar-refractivity contribution in [2.45, 2.75) is 26.3 Å². The van der Waals surface area contributed by atoms with Crippen LogP contribution in [0.25, 0.3) is 0 Å². The number of halogens is 1. The fourth-order valence-electron chi connectivity index (χ4n) is 2.13. The highest BCUT2D eigenvalue weighted by molar-refractivity contribution is 6.31. The van der Waals surface area contributed by atoms with E-state index in [-0.39, 0.29) is 6.04 Å². The first kappa shape index (κ1) is 15.7. The highest BCUT2D eigenvalue weighted by Gasteiger charge is 2.13. The van der Waals surface area contributed by atoms with E-state index in [1.807, 2.05) is 50.2 Å². The molecule has 0 aliphatic heterocycles. The van der Waals surface area contributed by atoms with E-state index in [1.165, 1.54) is 0 Å². The summed E-state index contributed by atoms with van der Waals surface area (Å²) < 4.78 is 11.4.